The molecule has 0 aliphatic rings. The lowest BCUT2D eigenvalue weighted by Gasteiger charge is -2.30. The smallest absolute Gasteiger partial charge is 0.328 e. The first-order valence-electron chi connectivity index (χ1n) is 6.19. The third-order valence-corrected chi connectivity index (χ3v) is 3.21. The summed E-state index contributed by atoms with van der Waals surface area (Å²) in [4.78, 5) is 24.3. The number of carbonyl (C=O) groups is 2. The van der Waals surface area contributed by atoms with E-state index in [-0.39, 0.29) is 0 Å². The Morgan fingerprint density at radius 1 is 1.35 bits per heavy atom. The Bertz CT molecular complexity index is 517. The molecule has 0 heterocycles. The van der Waals surface area contributed by atoms with Gasteiger partial charge in [-0.15, -0.1) is 0 Å². The van der Waals surface area contributed by atoms with Crippen LogP contribution in [0, 0.1) is 5.82 Å². The predicted octanol–water partition coefficient (Wildman–Crippen LogP) is 2.39. The van der Waals surface area contributed by atoms with Gasteiger partial charge < -0.3 is 15.3 Å². The second-order valence-electron chi connectivity index (χ2n) is 5.17. The largest absolute Gasteiger partial charge is 0.480 e. The summed E-state index contributed by atoms with van der Waals surface area (Å²) < 4.78 is 13.7. The molecule has 0 aliphatic carbocycles. The van der Waals surface area contributed by atoms with Gasteiger partial charge in [0.1, 0.15) is 11.4 Å². The quantitative estimate of drug-likeness (QED) is 0.891. The van der Waals surface area contributed by atoms with Gasteiger partial charge in [-0.1, -0.05) is 18.2 Å². The number of benzene rings is 1. The number of carboxylic acids is 1. The van der Waals surface area contributed by atoms with Crippen molar-refractivity contribution in [1.29, 1.82) is 0 Å². The first-order valence-corrected chi connectivity index (χ1v) is 6.19. The van der Waals surface area contributed by atoms with Crippen LogP contribution in [0.25, 0.3) is 0 Å². The highest BCUT2D eigenvalue weighted by Gasteiger charge is 2.31. The van der Waals surface area contributed by atoms with E-state index in [1.807, 2.05) is 0 Å². The van der Waals surface area contributed by atoms with Crippen LogP contribution in [0.15, 0.2) is 24.3 Å². The van der Waals surface area contributed by atoms with Crippen molar-refractivity contribution < 1.29 is 19.1 Å². The number of hydrogen-bond acceptors (Lipinski definition) is 2. The third kappa shape index (κ3) is 3.46. The van der Waals surface area contributed by atoms with Gasteiger partial charge in [-0.25, -0.2) is 14.0 Å². The summed E-state index contributed by atoms with van der Waals surface area (Å²) in [5.74, 6) is -1.55. The Kier molecular flexibility index (Phi) is 4.70. The molecule has 1 unspecified atom stereocenters. The van der Waals surface area contributed by atoms with Crippen molar-refractivity contribution in [2.75, 3.05) is 7.05 Å². The first-order chi connectivity index (χ1) is 9.16. The number of nitrogens with zero attached hydrogens (tertiary/aromatic N) is 1. The number of rotatable bonds is 4. The second-order valence-corrected chi connectivity index (χ2v) is 5.17. The zero-order valence-corrected chi connectivity index (χ0v) is 12.0. The molecule has 2 amide bonds. The maximum Gasteiger partial charge on any atom is 0.328 e. The van der Waals surface area contributed by atoms with Crippen LogP contribution in [-0.2, 0) is 4.79 Å². The highest BCUT2D eigenvalue weighted by atomic mass is 19.1. The van der Waals surface area contributed by atoms with Crippen molar-refractivity contribution in [2.45, 2.75) is 32.4 Å². The number of halogens is 1. The zero-order valence-electron chi connectivity index (χ0n) is 12.0. The molecule has 2 N–H and O–H groups in total. The second kappa shape index (κ2) is 5.90. The van der Waals surface area contributed by atoms with Crippen molar-refractivity contribution >= 4 is 12.0 Å². The molecule has 5 nitrogen and oxygen atoms in total. The summed E-state index contributed by atoms with van der Waals surface area (Å²) in [5, 5.41) is 11.4. The summed E-state index contributed by atoms with van der Waals surface area (Å²) in [6.07, 6.45) is 0. The number of carboxylic acid groups (broad SMARTS) is 1. The Labute approximate surface area is 117 Å². The molecule has 0 aliphatic heterocycles. The van der Waals surface area contributed by atoms with Gasteiger partial charge in [-0.2, -0.15) is 0 Å². The highest BCUT2D eigenvalue weighted by Crippen LogP contribution is 2.21. The van der Waals surface area contributed by atoms with Crippen LogP contribution < -0.4 is 5.32 Å². The Morgan fingerprint density at radius 2 is 1.90 bits per heavy atom. The van der Waals surface area contributed by atoms with Crippen molar-refractivity contribution in [3.63, 3.8) is 0 Å². The lowest BCUT2D eigenvalue weighted by atomic mass is 10.1. The first kappa shape index (κ1) is 15.9. The minimum atomic E-state index is -1.39. The van der Waals surface area contributed by atoms with Crippen LogP contribution in [0.2, 0.25) is 0 Å². The molecule has 0 bridgehead atoms. The van der Waals surface area contributed by atoms with Crippen molar-refractivity contribution in [2.24, 2.45) is 0 Å². The minimum Gasteiger partial charge on any atom is -0.480 e. The molecule has 0 spiro atoms. The lowest BCUT2D eigenvalue weighted by Crippen LogP contribution is -2.53. The lowest BCUT2D eigenvalue weighted by molar-refractivity contribution is -0.143. The van der Waals surface area contributed by atoms with Crippen LogP contribution >= 0.6 is 0 Å². The van der Waals surface area contributed by atoms with Gasteiger partial charge in [0.2, 0.25) is 0 Å². The molecule has 0 fully saturated rings. The standard InChI is InChI=1S/C14H19FN2O3/c1-9(10-7-5-6-8-11(10)15)17(4)13(20)16-14(2,3)12(18)19/h5-9H,1-4H3,(H,16,20)(H,18,19). The molecule has 0 aromatic heterocycles. The molecular weight excluding hydrogens is 263 g/mol. The highest BCUT2D eigenvalue weighted by molar-refractivity contribution is 5.85. The molecule has 0 saturated heterocycles. The average Bonchev–Trinajstić information content (AvgIpc) is 2.36. The van der Waals surface area contributed by atoms with Gasteiger partial charge in [0.05, 0.1) is 6.04 Å². The minimum absolute atomic E-state index is 0.373. The van der Waals surface area contributed by atoms with E-state index in [1.165, 1.54) is 31.9 Å². The number of carbonyl (C=O) groups excluding carboxylic acids is 1. The van der Waals surface area contributed by atoms with Crippen LogP contribution in [0.1, 0.15) is 32.4 Å². The topological polar surface area (TPSA) is 69.6 Å². The molecule has 1 atom stereocenters. The Morgan fingerprint density at radius 3 is 2.40 bits per heavy atom. The number of amides is 2. The van der Waals surface area contributed by atoms with Crippen molar-refractivity contribution in [1.82, 2.24) is 10.2 Å². The SMILES string of the molecule is CC(c1ccccc1F)N(C)C(=O)NC(C)(C)C(=O)O. The molecule has 6 heteroatoms. The summed E-state index contributed by atoms with van der Waals surface area (Å²) in [5.41, 5.74) is -1.02. The summed E-state index contributed by atoms with van der Waals surface area (Å²) in [6.45, 7) is 4.44. The van der Waals surface area contributed by atoms with Crippen LogP contribution in [-0.4, -0.2) is 34.6 Å². The van der Waals surface area contributed by atoms with Crippen LogP contribution in [0.5, 0.6) is 0 Å². The van der Waals surface area contributed by atoms with Crippen LogP contribution in [0.4, 0.5) is 9.18 Å². The summed E-state index contributed by atoms with van der Waals surface area (Å²) >= 11 is 0. The summed E-state index contributed by atoms with van der Waals surface area (Å²) in [7, 11) is 1.49. The molecule has 0 radical (unpaired) electrons. The molecule has 1 aromatic carbocycles. The summed E-state index contributed by atoms with van der Waals surface area (Å²) in [6, 6.07) is 5.07. The van der Waals surface area contributed by atoms with Gasteiger partial charge in [0.25, 0.3) is 0 Å². The maximum atomic E-state index is 13.7. The fraction of sp³-hybridized carbons (Fsp3) is 0.429. The fourth-order valence-corrected chi connectivity index (χ4v) is 1.61. The van der Waals surface area contributed by atoms with Crippen LogP contribution in [0.3, 0.4) is 0 Å². The van der Waals surface area contributed by atoms with E-state index >= 15 is 0 Å². The van der Waals surface area contributed by atoms with E-state index in [1.54, 1.807) is 25.1 Å². The molecule has 1 rings (SSSR count). The number of aliphatic carboxylic acids is 1. The molecule has 1 aromatic rings. The van der Waals surface area contributed by atoms with Crippen molar-refractivity contribution in [3.05, 3.63) is 35.6 Å². The Hall–Kier alpha value is -2.11. The van der Waals surface area contributed by atoms with E-state index < -0.39 is 29.4 Å². The number of hydrogen-bond donors (Lipinski definition) is 2. The van der Waals surface area contributed by atoms with E-state index in [2.05, 4.69) is 5.32 Å². The van der Waals surface area contributed by atoms with E-state index in [0.717, 1.165) is 0 Å². The van der Waals surface area contributed by atoms with Gasteiger partial charge in [-0.3, -0.25) is 0 Å². The molecule has 110 valence electrons. The monoisotopic (exact) mass is 282 g/mol. The fourth-order valence-electron chi connectivity index (χ4n) is 1.61. The predicted molar refractivity (Wildman–Crippen MR) is 72.8 cm³/mol. The van der Waals surface area contributed by atoms with E-state index in [4.69, 9.17) is 5.11 Å². The zero-order chi connectivity index (χ0) is 15.5. The maximum absolute atomic E-state index is 13.7. The molecule has 20 heavy (non-hydrogen) atoms. The number of urea groups is 1. The Balaban J connectivity index is 2.85. The molecule has 0 saturated carbocycles. The van der Waals surface area contributed by atoms with E-state index in [0.29, 0.717) is 5.56 Å². The number of nitrogens with one attached hydrogen (secondary N) is 1. The van der Waals surface area contributed by atoms with Gasteiger partial charge >= 0.3 is 12.0 Å². The van der Waals surface area contributed by atoms with Gasteiger partial charge in [0, 0.05) is 12.6 Å². The normalized spacial score (nSPS) is 12.7. The third-order valence-electron chi connectivity index (χ3n) is 3.21. The average molecular weight is 282 g/mol. The van der Waals surface area contributed by atoms with E-state index in [9.17, 15) is 14.0 Å². The van der Waals surface area contributed by atoms with Gasteiger partial charge in [0.15, 0.2) is 0 Å². The molecular formula is C14H19FN2O3. The van der Waals surface area contributed by atoms with Crippen molar-refractivity contribution in [3.8, 4) is 0 Å². The van der Waals surface area contributed by atoms with Gasteiger partial charge in [-0.05, 0) is 26.8 Å².